The summed E-state index contributed by atoms with van der Waals surface area (Å²) in [7, 11) is 0. The van der Waals surface area contributed by atoms with E-state index in [4.69, 9.17) is 34.8 Å². The molecule has 0 fully saturated rings. The lowest BCUT2D eigenvalue weighted by atomic mass is 10.1. The lowest BCUT2D eigenvalue weighted by Gasteiger charge is -2.09. The third-order valence-corrected chi connectivity index (χ3v) is 4.46. The molecule has 0 saturated heterocycles. The predicted molar refractivity (Wildman–Crippen MR) is 103 cm³/mol. The van der Waals surface area contributed by atoms with Gasteiger partial charge in [-0.15, -0.1) is 0 Å². The van der Waals surface area contributed by atoms with Gasteiger partial charge in [0.25, 0.3) is 0 Å². The van der Waals surface area contributed by atoms with Gasteiger partial charge in [-0.25, -0.2) is 9.97 Å². The molecule has 128 valence electrons. The van der Waals surface area contributed by atoms with Crippen LogP contribution in [0.15, 0.2) is 48.7 Å². The van der Waals surface area contributed by atoms with Gasteiger partial charge in [-0.3, -0.25) is 4.98 Å². The summed E-state index contributed by atoms with van der Waals surface area (Å²) in [4.78, 5) is 13.0. The van der Waals surface area contributed by atoms with Crippen molar-refractivity contribution >= 4 is 40.8 Å². The zero-order valence-corrected chi connectivity index (χ0v) is 15.5. The zero-order valence-electron chi connectivity index (χ0n) is 13.2. The van der Waals surface area contributed by atoms with E-state index in [0.29, 0.717) is 34.1 Å². The molecule has 4 nitrogen and oxygen atoms in total. The summed E-state index contributed by atoms with van der Waals surface area (Å²) in [6.07, 6.45) is 3.02. The van der Waals surface area contributed by atoms with Crippen molar-refractivity contribution in [1.82, 2.24) is 15.0 Å². The SMILES string of the molecule is Clc1cc(Cc2c(Cl)cccc2Cl)nc(NCCc2ccccn2)n1. The summed E-state index contributed by atoms with van der Waals surface area (Å²) in [6, 6.07) is 13.0. The Morgan fingerprint density at radius 2 is 1.68 bits per heavy atom. The smallest absolute Gasteiger partial charge is 0.224 e. The van der Waals surface area contributed by atoms with E-state index in [1.54, 1.807) is 24.4 Å². The molecule has 0 atom stereocenters. The maximum atomic E-state index is 6.23. The molecule has 7 heteroatoms. The number of hydrogen-bond acceptors (Lipinski definition) is 4. The summed E-state index contributed by atoms with van der Waals surface area (Å²) >= 11 is 18.6. The van der Waals surface area contributed by atoms with Gasteiger partial charge >= 0.3 is 0 Å². The molecule has 0 aliphatic rings. The van der Waals surface area contributed by atoms with Gasteiger partial charge in [0.05, 0.1) is 5.69 Å². The predicted octanol–water partition coefficient (Wildman–Crippen LogP) is 5.08. The van der Waals surface area contributed by atoms with Crippen molar-refractivity contribution in [3.05, 3.63) is 80.8 Å². The van der Waals surface area contributed by atoms with Gasteiger partial charge in [-0.05, 0) is 35.9 Å². The van der Waals surface area contributed by atoms with Crippen molar-refractivity contribution < 1.29 is 0 Å². The quantitative estimate of drug-likeness (QED) is 0.594. The number of nitrogens with zero attached hydrogens (tertiary/aromatic N) is 3. The molecule has 0 amide bonds. The Morgan fingerprint density at radius 3 is 2.40 bits per heavy atom. The summed E-state index contributed by atoms with van der Waals surface area (Å²) in [5.74, 6) is 0.474. The fraction of sp³-hybridized carbons (Fsp3) is 0.167. The minimum absolute atomic E-state index is 0.369. The number of halogens is 3. The number of pyridine rings is 1. The van der Waals surface area contributed by atoms with E-state index in [-0.39, 0.29) is 0 Å². The number of nitrogens with one attached hydrogen (secondary N) is 1. The maximum absolute atomic E-state index is 6.23. The van der Waals surface area contributed by atoms with E-state index in [1.165, 1.54) is 0 Å². The van der Waals surface area contributed by atoms with Crippen LogP contribution in [-0.4, -0.2) is 21.5 Å². The molecule has 0 bridgehead atoms. The number of hydrogen-bond donors (Lipinski definition) is 1. The van der Waals surface area contributed by atoms with Gasteiger partial charge < -0.3 is 5.32 Å². The molecule has 2 aromatic heterocycles. The van der Waals surface area contributed by atoms with Crippen LogP contribution in [0.3, 0.4) is 0 Å². The average Bonchev–Trinajstić information content (AvgIpc) is 2.59. The highest BCUT2D eigenvalue weighted by Crippen LogP contribution is 2.27. The largest absolute Gasteiger partial charge is 0.354 e. The van der Waals surface area contributed by atoms with E-state index in [0.717, 1.165) is 23.4 Å². The lowest BCUT2D eigenvalue weighted by molar-refractivity contribution is 0.930. The fourth-order valence-electron chi connectivity index (χ4n) is 2.36. The first kappa shape index (κ1) is 17.9. The van der Waals surface area contributed by atoms with Crippen LogP contribution in [-0.2, 0) is 12.8 Å². The van der Waals surface area contributed by atoms with Gasteiger partial charge in [0.1, 0.15) is 5.15 Å². The Labute approximate surface area is 161 Å². The van der Waals surface area contributed by atoms with Gasteiger partial charge in [0.15, 0.2) is 0 Å². The second kappa shape index (κ2) is 8.48. The third-order valence-electron chi connectivity index (χ3n) is 3.56. The second-order valence-electron chi connectivity index (χ2n) is 5.38. The molecular weight excluding hydrogens is 379 g/mol. The highest BCUT2D eigenvalue weighted by molar-refractivity contribution is 6.36. The van der Waals surface area contributed by atoms with Gasteiger partial charge in [-0.1, -0.05) is 46.9 Å². The first-order chi connectivity index (χ1) is 12.1. The fourth-order valence-corrected chi connectivity index (χ4v) is 3.10. The number of benzene rings is 1. The lowest BCUT2D eigenvalue weighted by Crippen LogP contribution is -2.10. The molecule has 3 rings (SSSR count). The monoisotopic (exact) mass is 392 g/mol. The highest BCUT2D eigenvalue weighted by Gasteiger charge is 2.10. The molecule has 0 radical (unpaired) electrons. The van der Waals surface area contributed by atoms with E-state index in [1.807, 2.05) is 24.3 Å². The molecule has 0 aliphatic heterocycles. The Morgan fingerprint density at radius 1 is 0.880 bits per heavy atom. The van der Waals surface area contributed by atoms with Crippen molar-refractivity contribution in [3.8, 4) is 0 Å². The molecule has 0 aliphatic carbocycles. The van der Waals surface area contributed by atoms with Crippen molar-refractivity contribution in [2.24, 2.45) is 0 Å². The van der Waals surface area contributed by atoms with Crippen LogP contribution < -0.4 is 5.32 Å². The van der Waals surface area contributed by atoms with Crippen molar-refractivity contribution in [1.29, 1.82) is 0 Å². The normalized spacial score (nSPS) is 10.7. The van der Waals surface area contributed by atoms with Crippen LogP contribution in [0.5, 0.6) is 0 Å². The Hall–Kier alpha value is -1.88. The molecule has 0 spiro atoms. The highest BCUT2D eigenvalue weighted by atomic mass is 35.5. The second-order valence-corrected chi connectivity index (χ2v) is 6.58. The molecule has 0 saturated carbocycles. The average molecular weight is 394 g/mol. The van der Waals surface area contributed by atoms with Crippen LogP contribution >= 0.6 is 34.8 Å². The summed E-state index contributed by atoms with van der Waals surface area (Å²) in [5.41, 5.74) is 2.57. The number of rotatable bonds is 6. The van der Waals surface area contributed by atoms with Crippen LogP contribution in [0.1, 0.15) is 17.0 Å². The van der Waals surface area contributed by atoms with Gasteiger partial charge in [0.2, 0.25) is 5.95 Å². The van der Waals surface area contributed by atoms with Gasteiger partial charge in [-0.2, -0.15) is 0 Å². The first-order valence-electron chi connectivity index (χ1n) is 7.72. The van der Waals surface area contributed by atoms with Crippen LogP contribution in [0.2, 0.25) is 15.2 Å². The molecule has 0 unspecified atom stereocenters. The third kappa shape index (κ3) is 5.05. The molecule has 3 aromatic rings. The van der Waals surface area contributed by atoms with Crippen LogP contribution in [0.4, 0.5) is 5.95 Å². The van der Waals surface area contributed by atoms with Crippen molar-refractivity contribution in [3.63, 3.8) is 0 Å². The summed E-state index contributed by atoms with van der Waals surface area (Å²) in [6.45, 7) is 0.656. The molecule has 1 aromatic carbocycles. The van der Waals surface area contributed by atoms with Crippen LogP contribution in [0, 0.1) is 0 Å². The molecule has 1 N–H and O–H groups in total. The Kier molecular flexibility index (Phi) is 6.08. The summed E-state index contributed by atoms with van der Waals surface area (Å²) in [5, 5.41) is 4.75. The zero-order chi connectivity index (χ0) is 17.6. The van der Waals surface area contributed by atoms with E-state index in [2.05, 4.69) is 20.3 Å². The first-order valence-corrected chi connectivity index (χ1v) is 8.85. The number of aromatic nitrogens is 3. The standard InChI is InChI=1S/C18H15Cl3N4/c19-15-5-3-6-16(20)14(15)10-13-11-17(21)25-18(24-13)23-9-7-12-4-1-2-8-22-12/h1-6,8,11H,7,9-10H2,(H,23,24,25). The van der Waals surface area contributed by atoms with Crippen molar-refractivity contribution in [2.75, 3.05) is 11.9 Å². The van der Waals surface area contributed by atoms with Crippen molar-refractivity contribution in [2.45, 2.75) is 12.8 Å². The van der Waals surface area contributed by atoms with E-state index in [9.17, 15) is 0 Å². The van der Waals surface area contributed by atoms with E-state index >= 15 is 0 Å². The Bertz CT molecular complexity index is 836. The van der Waals surface area contributed by atoms with Crippen LogP contribution in [0.25, 0.3) is 0 Å². The minimum atomic E-state index is 0.369. The molecular formula is C18H15Cl3N4. The minimum Gasteiger partial charge on any atom is -0.354 e. The topological polar surface area (TPSA) is 50.7 Å². The molecule has 25 heavy (non-hydrogen) atoms. The maximum Gasteiger partial charge on any atom is 0.224 e. The molecule has 2 heterocycles. The summed E-state index contributed by atoms with van der Waals surface area (Å²) < 4.78 is 0. The Balaban J connectivity index is 1.70. The number of anilines is 1. The van der Waals surface area contributed by atoms with E-state index < -0.39 is 0 Å². The van der Waals surface area contributed by atoms with Gasteiger partial charge in [0, 0.05) is 41.3 Å².